The fourth-order valence-corrected chi connectivity index (χ4v) is 2.85. The van der Waals surface area contributed by atoms with Crippen molar-refractivity contribution in [1.82, 2.24) is 10.2 Å². The molecular weight excluding hydrogens is 368 g/mol. The van der Waals surface area contributed by atoms with E-state index in [4.69, 9.17) is 22.1 Å². The minimum atomic E-state index is -0.665. The van der Waals surface area contributed by atoms with Crippen molar-refractivity contribution in [1.29, 1.82) is 0 Å². The Hall–Kier alpha value is -3.32. The Labute approximate surface area is 160 Å². The number of aromatic nitrogens is 2. The highest BCUT2D eigenvalue weighted by Crippen LogP contribution is 2.28. The van der Waals surface area contributed by atoms with Crippen LogP contribution in [0, 0.1) is 0 Å². The fourth-order valence-electron chi connectivity index (χ4n) is 2.65. The highest BCUT2D eigenvalue weighted by Gasteiger charge is 2.19. The summed E-state index contributed by atoms with van der Waals surface area (Å²) in [5.74, 6) is -0.117. The summed E-state index contributed by atoms with van der Waals surface area (Å²) >= 11 is 6.18. The lowest BCUT2D eigenvalue weighted by Gasteiger charge is -2.05. The van der Waals surface area contributed by atoms with E-state index in [1.54, 1.807) is 18.2 Å². The smallest absolute Gasteiger partial charge is 0.254 e. The Morgan fingerprint density at radius 3 is 2.81 bits per heavy atom. The van der Waals surface area contributed by atoms with Gasteiger partial charge in [0.05, 0.1) is 18.4 Å². The van der Waals surface area contributed by atoms with E-state index >= 15 is 0 Å². The van der Waals surface area contributed by atoms with Gasteiger partial charge in [-0.25, -0.2) is 4.99 Å². The normalized spacial score (nSPS) is 11.0. The quantitative estimate of drug-likeness (QED) is 0.566. The van der Waals surface area contributed by atoms with Gasteiger partial charge in [-0.05, 0) is 23.8 Å². The van der Waals surface area contributed by atoms with E-state index in [1.807, 2.05) is 18.2 Å². The van der Waals surface area contributed by atoms with Gasteiger partial charge in [0.2, 0.25) is 0 Å². The maximum atomic E-state index is 12.0. The number of phenols is 1. The van der Waals surface area contributed by atoms with Crippen LogP contribution in [0.25, 0.3) is 0 Å². The second kappa shape index (κ2) is 7.92. The first-order valence-electron chi connectivity index (χ1n) is 8.01. The minimum Gasteiger partial charge on any atom is -0.507 e. The van der Waals surface area contributed by atoms with Crippen molar-refractivity contribution in [3.8, 4) is 11.5 Å². The predicted molar refractivity (Wildman–Crippen MR) is 103 cm³/mol. The Bertz CT molecular complexity index is 1010. The van der Waals surface area contributed by atoms with Gasteiger partial charge >= 0.3 is 0 Å². The highest BCUT2D eigenvalue weighted by atomic mass is 35.5. The fraction of sp³-hybridized carbons (Fsp3) is 0.105. The number of hydrogen-bond acceptors (Lipinski definition) is 5. The third kappa shape index (κ3) is 3.93. The molecular formula is C19H17ClN4O3. The van der Waals surface area contributed by atoms with Gasteiger partial charge in [0.15, 0.2) is 5.82 Å². The molecule has 0 aliphatic carbocycles. The van der Waals surface area contributed by atoms with Gasteiger partial charge in [0.1, 0.15) is 17.1 Å². The number of ether oxygens (including phenoxy) is 1. The SMILES string of the molecule is COc1cccc(O)c1C=Nc1n[nH]c(Cc2ccccc2Cl)c1C(N)=O. The number of hydrogen-bond donors (Lipinski definition) is 3. The summed E-state index contributed by atoms with van der Waals surface area (Å²) in [5.41, 5.74) is 7.39. The largest absolute Gasteiger partial charge is 0.507 e. The average Bonchev–Trinajstić information content (AvgIpc) is 3.05. The van der Waals surface area contributed by atoms with Crippen molar-refractivity contribution in [3.05, 3.63) is 69.9 Å². The first kappa shape index (κ1) is 18.5. The number of aromatic hydroxyl groups is 1. The molecule has 1 aromatic heterocycles. The number of primary amides is 1. The number of carbonyl (C=O) groups excluding carboxylic acids is 1. The van der Waals surface area contributed by atoms with Crippen LogP contribution in [-0.2, 0) is 6.42 Å². The van der Waals surface area contributed by atoms with Crippen LogP contribution in [0.15, 0.2) is 47.5 Å². The molecule has 3 rings (SSSR count). The lowest BCUT2D eigenvalue weighted by Crippen LogP contribution is -2.13. The average molecular weight is 385 g/mol. The molecule has 0 aliphatic rings. The Balaban J connectivity index is 1.97. The summed E-state index contributed by atoms with van der Waals surface area (Å²) in [7, 11) is 1.48. The molecule has 0 atom stereocenters. The van der Waals surface area contributed by atoms with E-state index in [-0.39, 0.29) is 17.1 Å². The molecule has 1 amide bonds. The summed E-state index contributed by atoms with van der Waals surface area (Å²) in [6.45, 7) is 0. The molecule has 27 heavy (non-hydrogen) atoms. The Kier molecular flexibility index (Phi) is 5.42. The van der Waals surface area contributed by atoms with Crippen molar-refractivity contribution in [2.24, 2.45) is 10.7 Å². The molecule has 8 heteroatoms. The third-order valence-corrected chi connectivity index (χ3v) is 4.34. The van der Waals surface area contributed by atoms with Crippen LogP contribution >= 0.6 is 11.6 Å². The maximum absolute atomic E-state index is 12.0. The van der Waals surface area contributed by atoms with Crippen LogP contribution in [0.1, 0.15) is 27.2 Å². The molecule has 0 radical (unpaired) electrons. The van der Waals surface area contributed by atoms with Crippen molar-refractivity contribution in [2.75, 3.05) is 7.11 Å². The predicted octanol–water partition coefficient (Wildman–Crippen LogP) is 3.22. The zero-order valence-electron chi connectivity index (χ0n) is 14.4. The van der Waals surface area contributed by atoms with E-state index in [1.165, 1.54) is 19.4 Å². The van der Waals surface area contributed by atoms with Crippen LogP contribution in [0.3, 0.4) is 0 Å². The molecule has 0 saturated carbocycles. The monoisotopic (exact) mass is 384 g/mol. The molecule has 0 bridgehead atoms. The van der Waals surface area contributed by atoms with E-state index in [9.17, 15) is 9.90 Å². The number of aliphatic imine (C=N–C) groups is 1. The number of rotatable bonds is 6. The van der Waals surface area contributed by atoms with Crippen LogP contribution in [-0.4, -0.2) is 34.5 Å². The number of nitrogens with two attached hydrogens (primary N) is 1. The van der Waals surface area contributed by atoms with Crippen LogP contribution in [0.4, 0.5) is 5.82 Å². The summed E-state index contributed by atoms with van der Waals surface area (Å²) in [6, 6.07) is 12.1. The standard InChI is InChI=1S/C19H17ClN4O3/c1-27-16-8-4-7-15(25)12(16)10-22-19-17(18(21)26)14(23-24-19)9-11-5-2-3-6-13(11)20/h2-8,10,25H,9H2,1H3,(H2,21,26)(H,23,24). The van der Waals surface area contributed by atoms with Crippen molar-refractivity contribution < 1.29 is 14.6 Å². The zero-order chi connectivity index (χ0) is 19.4. The minimum absolute atomic E-state index is 0.00875. The molecule has 0 saturated heterocycles. The molecule has 1 heterocycles. The number of nitrogens with zero attached hydrogens (tertiary/aromatic N) is 2. The number of aromatic amines is 1. The molecule has 2 aromatic carbocycles. The number of nitrogens with one attached hydrogen (secondary N) is 1. The molecule has 0 spiro atoms. The summed E-state index contributed by atoms with van der Waals surface area (Å²) in [5, 5.41) is 17.4. The van der Waals surface area contributed by atoms with Gasteiger partial charge in [0, 0.05) is 17.7 Å². The number of amides is 1. The van der Waals surface area contributed by atoms with Crippen molar-refractivity contribution >= 4 is 29.5 Å². The molecule has 0 aliphatic heterocycles. The lowest BCUT2D eigenvalue weighted by molar-refractivity contribution is 0.100. The van der Waals surface area contributed by atoms with Crippen LogP contribution < -0.4 is 10.5 Å². The number of halogens is 1. The van der Waals surface area contributed by atoms with Gasteiger partial charge in [-0.2, -0.15) is 5.10 Å². The van der Waals surface area contributed by atoms with E-state index in [0.717, 1.165) is 5.56 Å². The van der Waals surface area contributed by atoms with E-state index in [0.29, 0.717) is 28.5 Å². The molecule has 138 valence electrons. The number of benzene rings is 2. The van der Waals surface area contributed by atoms with Crippen LogP contribution in [0.2, 0.25) is 5.02 Å². The van der Waals surface area contributed by atoms with Crippen LogP contribution in [0.5, 0.6) is 11.5 Å². The molecule has 3 aromatic rings. The topological polar surface area (TPSA) is 114 Å². The summed E-state index contributed by atoms with van der Waals surface area (Å²) < 4.78 is 5.20. The zero-order valence-corrected chi connectivity index (χ0v) is 15.2. The Morgan fingerprint density at radius 1 is 1.33 bits per heavy atom. The molecule has 0 fully saturated rings. The van der Waals surface area contributed by atoms with Gasteiger partial charge in [-0.1, -0.05) is 35.9 Å². The molecule has 4 N–H and O–H groups in total. The molecule has 7 nitrogen and oxygen atoms in total. The summed E-state index contributed by atoms with van der Waals surface area (Å²) in [4.78, 5) is 16.2. The van der Waals surface area contributed by atoms with Crippen molar-refractivity contribution in [2.45, 2.75) is 6.42 Å². The number of methoxy groups -OCH3 is 1. The highest BCUT2D eigenvalue weighted by molar-refractivity contribution is 6.31. The molecule has 0 unspecified atom stereocenters. The first-order valence-corrected chi connectivity index (χ1v) is 8.39. The number of phenolic OH excluding ortho intramolecular Hbond substituents is 1. The van der Waals surface area contributed by atoms with Crippen molar-refractivity contribution in [3.63, 3.8) is 0 Å². The van der Waals surface area contributed by atoms with E-state index < -0.39 is 5.91 Å². The van der Waals surface area contributed by atoms with Gasteiger partial charge in [0.25, 0.3) is 5.91 Å². The third-order valence-electron chi connectivity index (χ3n) is 3.97. The van der Waals surface area contributed by atoms with E-state index in [2.05, 4.69) is 15.2 Å². The Morgan fingerprint density at radius 2 is 2.11 bits per heavy atom. The summed E-state index contributed by atoms with van der Waals surface area (Å²) in [6.07, 6.45) is 1.72. The maximum Gasteiger partial charge on any atom is 0.254 e. The van der Waals surface area contributed by atoms with Gasteiger partial charge in [-0.3, -0.25) is 9.89 Å². The second-order valence-electron chi connectivity index (χ2n) is 5.68. The number of H-pyrrole nitrogens is 1. The lowest BCUT2D eigenvalue weighted by atomic mass is 10.1. The number of carbonyl (C=O) groups is 1. The van der Waals surface area contributed by atoms with Gasteiger partial charge < -0.3 is 15.6 Å². The van der Waals surface area contributed by atoms with Gasteiger partial charge in [-0.15, -0.1) is 0 Å². The first-order chi connectivity index (χ1) is 13.0. The second-order valence-corrected chi connectivity index (χ2v) is 6.09.